The van der Waals surface area contributed by atoms with E-state index in [1.807, 2.05) is 0 Å². The fourth-order valence-corrected chi connectivity index (χ4v) is 1.86. The Morgan fingerprint density at radius 2 is 2.45 bits per heavy atom. The van der Waals surface area contributed by atoms with E-state index in [0.29, 0.717) is 25.9 Å². The van der Waals surface area contributed by atoms with Crippen molar-refractivity contribution < 1.29 is 9.72 Å². The van der Waals surface area contributed by atoms with Crippen LogP contribution in [0.5, 0.6) is 0 Å². The summed E-state index contributed by atoms with van der Waals surface area (Å²) in [4.78, 5) is 22.0. The third-order valence-electron chi connectivity index (χ3n) is 2.64. The molecule has 1 aliphatic carbocycles. The van der Waals surface area contributed by atoms with Gasteiger partial charge in [-0.05, 0) is 0 Å². The van der Waals surface area contributed by atoms with Crippen LogP contribution in [-0.4, -0.2) is 34.9 Å². The lowest BCUT2D eigenvalue weighted by molar-refractivity contribution is -0.538. The molecule has 1 amide bonds. The first-order valence-corrected chi connectivity index (χ1v) is 3.53. The van der Waals surface area contributed by atoms with E-state index in [1.165, 1.54) is 4.90 Å². The molecule has 1 saturated carbocycles. The minimum absolute atomic E-state index is 0.127. The number of piperidine rings is 1. The van der Waals surface area contributed by atoms with Crippen LogP contribution in [-0.2, 0) is 4.79 Å². The van der Waals surface area contributed by atoms with Gasteiger partial charge < -0.3 is 4.90 Å². The summed E-state index contributed by atoms with van der Waals surface area (Å²) in [5.74, 6) is 0.127. The molecule has 5 heteroatoms. The van der Waals surface area contributed by atoms with Gasteiger partial charge in [-0.3, -0.25) is 14.9 Å². The van der Waals surface area contributed by atoms with Crippen molar-refractivity contribution in [3.05, 3.63) is 10.1 Å². The molecule has 2 rings (SSSR count). The Hall–Kier alpha value is -1.13. The molecule has 0 unspecified atom stereocenters. The topological polar surface area (TPSA) is 63.5 Å². The van der Waals surface area contributed by atoms with Crippen LogP contribution in [0.25, 0.3) is 0 Å². The first-order valence-electron chi connectivity index (χ1n) is 3.53. The molecule has 0 radical (unpaired) electrons. The summed E-state index contributed by atoms with van der Waals surface area (Å²) >= 11 is 0. The molecule has 1 heterocycles. The Labute approximate surface area is 63.1 Å². The Kier molecular flexibility index (Phi) is 1.03. The quantitative estimate of drug-likeness (QED) is 0.307. The molecular weight excluding hydrogens is 148 g/mol. The number of likely N-dealkylation sites (tertiary alicyclic amines) is 1. The molecular formula is C6H8N2O3. The summed E-state index contributed by atoms with van der Waals surface area (Å²) in [7, 11) is 0. The normalized spacial score (nSPS) is 40.0. The molecule has 2 atom stereocenters. The lowest BCUT2D eigenvalue weighted by atomic mass is 10.3. The Morgan fingerprint density at radius 1 is 1.73 bits per heavy atom. The third kappa shape index (κ3) is 0.677. The van der Waals surface area contributed by atoms with Gasteiger partial charge in [0.15, 0.2) is 0 Å². The maximum absolute atomic E-state index is 10.5. The summed E-state index contributed by atoms with van der Waals surface area (Å²) in [6.45, 7) is 0.888. The van der Waals surface area contributed by atoms with Gasteiger partial charge in [0, 0.05) is 17.9 Å². The minimum atomic E-state index is -0.749. The van der Waals surface area contributed by atoms with Crippen LogP contribution in [0.1, 0.15) is 6.42 Å². The van der Waals surface area contributed by atoms with E-state index in [0.717, 1.165) is 0 Å². The second kappa shape index (κ2) is 1.72. The highest BCUT2D eigenvalue weighted by atomic mass is 16.6. The van der Waals surface area contributed by atoms with Gasteiger partial charge in [0.25, 0.3) is 0 Å². The zero-order valence-corrected chi connectivity index (χ0v) is 5.90. The lowest BCUT2D eigenvalue weighted by Gasteiger charge is -2.09. The SMILES string of the molecule is O=CN1C[C@H]2C[C@@]2([N+](=O)[O-])C1. The molecule has 1 aliphatic heterocycles. The molecule has 0 N–H and O–H groups in total. The molecule has 0 aromatic carbocycles. The molecule has 2 aliphatic rings. The molecule has 0 bridgehead atoms. The second-order valence-electron chi connectivity index (χ2n) is 3.30. The maximum Gasteiger partial charge on any atom is 0.244 e. The smallest absolute Gasteiger partial charge is 0.244 e. The molecule has 0 aromatic heterocycles. The molecule has 0 aromatic rings. The molecule has 60 valence electrons. The summed E-state index contributed by atoms with van der Waals surface area (Å²) in [5, 5.41) is 10.5. The fourth-order valence-electron chi connectivity index (χ4n) is 1.86. The van der Waals surface area contributed by atoms with E-state index in [4.69, 9.17) is 0 Å². The van der Waals surface area contributed by atoms with Crippen LogP contribution < -0.4 is 0 Å². The summed E-state index contributed by atoms with van der Waals surface area (Å²) < 4.78 is 0. The van der Waals surface area contributed by atoms with Gasteiger partial charge in [0.2, 0.25) is 11.9 Å². The lowest BCUT2D eigenvalue weighted by Crippen LogP contribution is -2.31. The fraction of sp³-hybridized carbons (Fsp3) is 0.833. The van der Waals surface area contributed by atoms with Crippen LogP contribution in [0.15, 0.2) is 0 Å². The number of amides is 1. The van der Waals surface area contributed by atoms with Crippen LogP contribution in [0.3, 0.4) is 0 Å². The van der Waals surface area contributed by atoms with Crippen LogP contribution in [0.4, 0.5) is 0 Å². The average molecular weight is 156 g/mol. The van der Waals surface area contributed by atoms with E-state index >= 15 is 0 Å². The number of nitrogens with zero attached hydrogens (tertiary/aromatic N) is 2. The highest BCUT2D eigenvalue weighted by Crippen LogP contribution is 2.51. The number of fused-ring (bicyclic) bond motifs is 1. The highest BCUT2D eigenvalue weighted by Gasteiger charge is 2.70. The molecule has 11 heavy (non-hydrogen) atoms. The van der Waals surface area contributed by atoms with Gasteiger partial charge >= 0.3 is 0 Å². The van der Waals surface area contributed by atoms with Crippen molar-refractivity contribution in [1.82, 2.24) is 4.90 Å². The maximum atomic E-state index is 10.5. The van der Waals surface area contributed by atoms with Crippen LogP contribution in [0, 0.1) is 16.0 Å². The van der Waals surface area contributed by atoms with Gasteiger partial charge in [0.05, 0.1) is 12.5 Å². The van der Waals surface area contributed by atoms with Gasteiger partial charge in [-0.2, -0.15) is 0 Å². The van der Waals surface area contributed by atoms with E-state index in [1.54, 1.807) is 0 Å². The van der Waals surface area contributed by atoms with Crippen molar-refractivity contribution in [2.75, 3.05) is 13.1 Å². The zero-order chi connectivity index (χ0) is 8.06. The van der Waals surface area contributed by atoms with Gasteiger partial charge in [0.1, 0.15) is 0 Å². The van der Waals surface area contributed by atoms with E-state index < -0.39 is 5.54 Å². The van der Waals surface area contributed by atoms with E-state index in [2.05, 4.69) is 0 Å². The summed E-state index contributed by atoms with van der Waals surface area (Å²) in [5.41, 5.74) is -0.749. The Morgan fingerprint density at radius 3 is 2.82 bits per heavy atom. The average Bonchev–Trinajstić information content (AvgIpc) is 2.56. The van der Waals surface area contributed by atoms with Crippen molar-refractivity contribution in [1.29, 1.82) is 0 Å². The third-order valence-corrected chi connectivity index (χ3v) is 2.64. The predicted octanol–water partition coefficient (Wildman–Crippen LogP) is -0.506. The minimum Gasteiger partial charge on any atom is -0.337 e. The first-order chi connectivity index (χ1) is 5.19. The number of carbonyl (C=O) groups excluding carboxylic acids is 1. The largest absolute Gasteiger partial charge is 0.337 e. The molecule has 2 fully saturated rings. The Balaban J connectivity index is 2.12. The van der Waals surface area contributed by atoms with Crippen molar-refractivity contribution in [2.24, 2.45) is 5.92 Å². The molecule has 1 saturated heterocycles. The van der Waals surface area contributed by atoms with Crippen molar-refractivity contribution in [3.8, 4) is 0 Å². The summed E-state index contributed by atoms with van der Waals surface area (Å²) in [6, 6.07) is 0. The van der Waals surface area contributed by atoms with Crippen LogP contribution in [0.2, 0.25) is 0 Å². The number of rotatable bonds is 2. The highest BCUT2D eigenvalue weighted by molar-refractivity contribution is 5.49. The first kappa shape index (κ1) is 6.57. The van der Waals surface area contributed by atoms with E-state index in [-0.39, 0.29) is 10.8 Å². The predicted molar refractivity (Wildman–Crippen MR) is 35.5 cm³/mol. The number of nitro groups is 1. The van der Waals surface area contributed by atoms with Crippen LogP contribution >= 0.6 is 0 Å². The van der Waals surface area contributed by atoms with Crippen molar-refractivity contribution >= 4 is 6.41 Å². The standard InChI is InChI=1S/C6H8N2O3/c9-4-7-2-5-1-6(5,3-7)8(10)11/h4-5H,1-3H2/t5-,6-/m1/s1. The van der Waals surface area contributed by atoms with Gasteiger partial charge in [-0.25, -0.2) is 0 Å². The second-order valence-corrected chi connectivity index (χ2v) is 3.30. The Bertz CT molecular complexity index is 230. The van der Waals surface area contributed by atoms with Gasteiger partial charge in [-0.15, -0.1) is 0 Å². The van der Waals surface area contributed by atoms with E-state index in [9.17, 15) is 14.9 Å². The number of carbonyl (C=O) groups is 1. The van der Waals surface area contributed by atoms with Gasteiger partial charge in [-0.1, -0.05) is 0 Å². The number of hydrogen-bond donors (Lipinski definition) is 0. The zero-order valence-electron chi connectivity index (χ0n) is 5.90. The molecule has 5 nitrogen and oxygen atoms in total. The monoisotopic (exact) mass is 156 g/mol. The summed E-state index contributed by atoms with van der Waals surface area (Å²) in [6.07, 6.45) is 1.35. The molecule has 0 spiro atoms. The van der Waals surface area contributed by atoms with Crippen molar-refractivity contribution in [3.63, 3.8) is 0 Å². The number of hydrogen-bond acceptors (Lipinski definition) is 3. The van der Waals surface area contributed by atoms with Crippen molar-refractivity contribution in [2.45, 2.75) is 12.0 Å².